The molecule has 4 heteroatoms. The van der Waals surface area contributed by atoms with Crippen LogP contribution in [0.1, 0.15) is 15.9 Å². The van der Waals surface area contributed by atoms with Crippen molar-refractivity contribution in [1.82, 2.24) is 0 Å². The van der Waals surface area contributed by atoms with Crippen LogP contribution in [0.4, 0.5) is 0 Å². The molecule has 104 valence electrons. The van der Waals surface area contributed by atoms with E-state index in [0.29, 0.717) is 23.7 Å². The van der Waals surface area contributed by atoms with Crippen molar-refractivity contribution < 1.29 is 19.4 Å². The van der Waals surface area contributed by atoms with Gasteiger partial charge in [-0.25, -0.2) is 0 Å². The standard InChI is InChI=1S/C16H16O4/c1-19-16-9-13(14(18)10-17)7-8-15(16)20-11-12-5-3-2-4-6-12/h2-9,17H,10-11H2,1H3. The van der Waals surface area contributed by atoms with E-state index >= 15 is 0 Å². The number of ketones is 1. The fraction of sp³-hybridized carbons (Fsp3) is 0.188. The Hall–Kier alpha value is -2.33. The molecule has 0 saturated heterocycles. The van der Waals surface area contributed by atoms with E-state index in [0.717, 1.165) is 5.56 Å². The number of aliphatic hydroxyl groups excluding tert-OH is 1. The maximum atomic E-state index is 11.4. The summed E-state index contributed by atoms with van der Waals surface area (Å²) in [4.78, 5) is 11.4. The van der Waals surface area contributed by atoms with Gasteiger partial charge in [0.05, 0.1) is 7.11 Å². The second kappa shape index (κ2) is 6.73. The van der Waals surface area contributed by atoms with Crippen molar-refractivity contribution in [3.05, 3.63) is 59.7 Å². The Morgan fingerprint density at radius 1 is 1.10 bits per heavy atom. The van der Waals surface area contributed by atoms with Crippen LogP contribution in [0.25, 0.3) is 0 Å². The number of ether oxygens (including phenoxy) is 2. The van der Waals surface area contributed by atoms with Gasteiger partial charge in [0, 0.05) is 5.56 Å². The molecule has 0 saturated carbocycles. The summed E-state index contributed by atoms with van der Waals surface area (Å²) in [7, 11) is 1.51. The minimum atomic E-state index is -0.520. The van der Waals surface area contributed by atoms with Crippen LogP contribution in [-0.4, -0.2) is 24.6 Å². The monoisotopic (exact) mass is 272 g/mol. The summed E-state index contributed by atoms with van der Waals surface area (Å²) in [6, 6.07) is 14.6. The minimum absolute atomic E-state index is 0.349. The number of hydrogen-bond donors (Lipinski definition) is 1. The number of methoxy groups -OCH3 is 1. The second-order valence-corrected chi connectivity index (χ2v) is 4.22. The minimum Gasteiger partial charge on any atom is -0.493 e. The van der Waals surface area contributed by atoms with Crippen molar-refractivity contribution >= 4 is 5.78 Å². The Balaban J connectivity index is 2.13. The van der Waals surface area contributed by atoms with Gasteiger partial charge in [0.25, 0.3) is 0 Å². The van der Waals surface area contributed by atoms with Crippen LogP contribution in [0.2, 0.25) is 0 Å². The van der Waals surface area contributed by atoms with Gasteiger partial charge >= 0.3 is 0 Å². The summed E-state index contributed by atoms with van der Waals surface area (Å²) >= 11 is 0. The van der Waals surface area contributed by atoms with E-state index in [1.807, 2.05) is 30.3 Å². The highest BCUT2D eigenvalue weighted by atomic mass is 16.5. The Morgan fingerprint density at radius 3 is 2.50 bits per heavy atom. The molecule has 1 N–H and O–H groups in total. The molecular formula is C16H16O4. The van der Waals surface area contributed by atoms with E-state index < -0.39 is 6.61 Å². The summed E-state index contributed by atoms with van der Waals surface area (Å²) < 4.78 is 10.9. The van der Waals surface area contributed by atoms with Crippen molar-refractivity contribution in [3.63, 3.8) is 0 Å². The lowest BCUT2D eigenvalue weighted by atomic mass is 10.1. The van der Waals surface area contributed by atoms with Gasteiger partial charge in [-0.05, 0) is 23.8 Å². The largest absolute Gasteiger partial charge is 0.493 e. The lowest BCUT2D eigenvalue weighted by Crippen LogP contribution is -2.05. The summed E-state index contributed by atoms with van der Waals surface area (Å²) in [5.74, 6) is 0.684. The van der Waals surface area contributed by atoms with Gasteiger partial charge in [0.1, 0.15) is 13.2 Å². The Labute approximate surface area is 117 Å². The van der Waals surface area contributed by atoms with Crippen LogP contribution in [0.15, 0.2) is 48.5 Å². The van der Waals surface area contributed by atoms with Crippen molar-refractivity contribution in [3.8, 4) is 11.5 Å². The molecule has 0 radical (unpaired) electrons. The second-order valence-electron chi connectivity index (χ2n) is 4.22. The molecule has 0 aliphatic heterocycles. The smallest absolute Gasteiger partial charge is 0.188 e. The molecule has 0 aliphatic carbocycles. The SMILES string of the molecule is COc1cc(C(=O)CO)ccc1OCc1ccccc1. The number of carbonyl (C=O) groups is 1. The summed E-state index contributed by atoms with van der Waals surface area (Å²) in [6.45, 7) is -0.0993. The van der Waals surface area contributed by atoms with Gasteiger partial charge in [0.2, 0.25) is 0 Å². The fourth-order valence-electron chi connectivity index (χ4n) is 1.79. The van der Waals surface area contributed by atoms with Crippen LogP contribution >= 0.6 is 0 Å². The first-order chi connectivity index (χ1) is 9.74. The van der Waals surface area contributed by atoms with Crippen molar-refractivity contribution in [2.24, 2.45) is 0 Å². The number of rotatable bonds is 6. The van der Waals surface area contributed by atoms with Gasteiger partial charge in [-0.15, -0.1) is 0 Å². The van der Waals surface area contributed by atoms with Crippen molar-refractivity contribution in [1.29, 1.82) is 0 Å². The zero-order valence-electron chi connectivity index (χ0n) is 11.2. The summed E-state index contributed by atoms with van der Waals surface area (Å²) in [5.41, 5.74) is 1.45. The average molecular weight is 272 g/mol. The molecular weight excluding hydrogens is 256 g/mol. The predicted octanol–water partition coefficient (Wildman–Crippen LogP) is 2.45. The zero-order chi connectivity index (χ0) is 14.4. The molecule has 20 heavy (non-hydrogen) atoms. The van der Waals surface area contributed by atoms with Gasteiger partial charge < -0.3 is 14.6 Å². The third-order valence-electron chi connectivity index (χ3n) is 2.87. The van der Waals surface area contributed by atoms with Gasteiger partial charge in [-0.3, -0.25) is 4.79 Å². The first kappa shape index (κ1) is 14.1. The molecule has 2 aromatic rings. The van der Waals surface area contributed by atoms with E-state index in [4.69, 9.17) is 14.6 Å². The van der Waals surface area contributed by atoms with Crippen LogP contribution in [0.5, 0.6) is 11.5 Å². The lowest BCUT2D eigenvalue weighted by Gasteiger charge is -2.11. The van der Waals surface area contributed by atoms with Crippen LogP contribution in [-0.2, 0) is 6.61 Å². The summed E-state index contributed by atoms with van der Waals surface area (Å²) in [6.07, 6.45) is 0. The van der Waals surface area contributed by atoms with Crippen LogP contribution in [0.3, 0.4) is 0 Å². The topological polar surface area (TPSA) is 55.8 Å². The third-order valence-corrected chi connectivity index (χ3v) is 2.87. The van der Waals surface area contributed by atoms with E-state index in [1.165, 1.54) is 7.11 Å². The molecule has 0 unspecified atom stereocenters. The quantitative estimate of drug-likeness (QED) is 0.821. The molecule has 2 aromatic carbocycles. The van der Waals surface area contributed by atoms with E-state index in [-0.39, 0.29) is 5.78 Å². The van der Waals surface area contributed by atoms with E-state index in [9.17, 15) is 4.79 Å². The molecule has 0 spiro atoms. The highest BCUT2D eigenvalue weighted by Crippen LogP contribution is 2.29. The molecule has 4 nitrogen and oxygen atoms in total. The maximum absolute atomic E-state index is 11.4. The number of aliphatic hydroxyl groups is 1. The maximum Gasteiger partial charge on any atom is 0.188 e. The molecule has 0 atom stereocenters. The molecule has 0 heterocycles. The van der Waals surface area contributed by atoms with E-state index in [1.54, 1.807) is 18.2 Å². The molecule has 2 rings (SSSR count). The van der Waals surface area contributed by atoms with Gasteiger partial charge in [-0.1, -0.05) is 30.3 Å². The molecule has 0 aromatic heterocycles. The first-order valence-electron chi connectivity index (χ1n) is 6.23. The van der Waals surface area contributed by atoms with Crippen LogP contribution in [0, 0.1) is 0 Å². The zero-order valence-corrected chi connectivity index (χ0v) is 11.2. The first-order valence-corrected chi connectivity index (χ1v) is 6.23. The van der Waals surface area contributed by atoms with Crippen molar-refractivity contribution in [2.75, 3.05) is 13.7 Å². The molecule has 0 amide bonds. The summed E-state index contributed by atoms with van der Waals surface area (Å²) in [5, 5.41) is 8.85. The van der Waals surface area contributed by atoms with Crippen molar-refractivity contribution in [2.45, 2.75) is 6.61 Å². The number of Topliss-reactive ketones (excluding diaryl/α,β-unsaturated/α-hetero) is 1. The molecule has 0 fully saturated rings. The van der Waals surface area contributed by atoms with Gasteiger partial charge in [0.15, 0.2) is 17.3 Å². The molecule has 0 bridgehead atoms. The third kappa shape index (κ3) is 3.36. The molecule has 0 aliphatic rings. The Kier molecular flexibility index (Phi) is 4.74. The number of benzene rings is 2. The number of hydrogen-bond acceptors (Lipinski definition) is 4. The highest BCUT2D eigenvalue weighted by molar-refractivity contribution is 5.97. The number of carbonyl (C=O) groups excluding carboxylic acids is 1. The highest BCUT2D eigenvalue weighted by Gasteiger charge is 2.10. The fourth-order valence-corrected chi connectivity index (χ4v) is 1.79. The van der Waals surface area contributed by atoms with Gasteiger partial charge in [-0.2, -0.15) is 0 Å². The van der Waals surface area contributed by atoms with Crippen LogP contribution < -0.4 is 9.47 Å². The normalized spacial score (nSPS) is 10.1. The lowest BCUT2D eigenvalue weighted by molar-refractivity contribution is 0.0903. The Morgan fingerprint density at radius 2 is 1.85 bits per heavy atom. The average Bonchev–Trinajstić information content (AvgIpc) is 2.53. The predicted molar refractivity (Wildman–Crippen MR) is 75.2 cm³/mol. The Bertz CT molecular complexity index is 578. The van der Waals surface area contributed by atoms with E-state index in [2.05, 4.69) is 0 Å².